The SMILES string of the molecule is CCCCCCC(CCC)C1CCCCC1. The summed E-state index contributed by atoms with van der Waals surface area (Å²) in [6, 6.07) is 0. The zero-order chi connectivity index (χ0) is 11.6. The summed E-state index contributed by atoms with van der Waals surface area (Å²) in [5, 5.41) is 0. The van der Waals surface area contributed by atoms with Gasteiger partial charge >= 0.3 is 0 Å². The minimum atomic E-state index is 1.07. The van der Waals surface area contributed by atoms with E-state index < -0.39 is 0 Å². The van der Waals surface area contributed by atoms with Gasteiger partial charge in [-0.25, -0.2) is 0 Å². The molecule has 0 aromatic heterocycles. The lowest BCUT2D eigenvalue weighted by Crippen LogP contribution is -2.18. The minimum absolute atomic E-state index is 1.07. The van der Waals surface area contributed by atoms with Gasteiger partial charge in [-0.15, -0.1) is 0 Å². The van der Waals surface area contributed by atoms with Crippen LogP contribution in [-0.2, 0) is 0 Å². The van der Waals surface area contributed by atoms with Gasteiger partial charge in [0.25, 0.3) is 0 Å². The van der Waals surface area contributed by atoms with Crippen molar-refractivity contribution in [1.29, 1.82) is 0 Å². The van der Waals surface area contributed by atoms with Crippen LogP contribution in [0.4, 0.5) is 0 Å². The zero-order valence-corrected chi connectivity index (χ0v) is 11.6. The Morgan fingerprint density at radius 2 is 1.56 bits per heavy atom. The van der Waals surface area contributed by atoms with Crippen LogP contribution in [0.1, 0.15) is 90.9 Å². The zero-order valence-electron chi connectivity index (χ0n) is 11.6. The summed E-state index contributed by atoms with van der Waals surface area (Å²) < 4.78 is 0. The van der Waals surface area contributed by atoms with E-state index in [9.17, 15) is 0 Å². The molecule has 0 bridgehead atoms. The molecule has 1 atom stereocenters. The standard InChI is InChI=1S/C16H32/c1-3-5-6-8-12-15(11-4-2)16-13-9-7-10-14-16/h15-16H,3-14H2,1-2H3. The van der Waals surface area contributed by atoms with Gasteiger partial charge in [0, 0.05) is 0 Å². The molecule has 0 nitrogen and oxygen atoms in total. The summed E-state index contributed by atoms with van der Waals surface area (Å²) in [7, 11) is 0. The first-order valence-electron chi connectivity index (χ1n) is 7.88. The predicted octanol–water partition coefficient (Wildman–Crippen LogP) is 5.95. The largest absolute Gasteiger partial charge is 0.0654 e. The van der Waals surface area contributed by atoms with E-state index in [1.54, 1.807) is 12.8 Å². The van der Waals surface area contributed by atoms with Gasteiger partial charge in [-0.1, -0.05) is 90.9 Å². The Balaban J connectivity index is 2.22. The Labute approximate surface area is 103 Å². The molecule has 0 saturated heterocycles. The van der Waals surface area contributed by atoms with E-state index >= 15 is 0 Å². The molecule has 16 heavy (non-hydrogen) atoms. The first-order valence-corrected chi connectivity index (χ1v) is 7.88. The van der Waals surface area contributed by atoms with Gasteiger partial charge in [-0.2, -0.15) is 0 Å². The first-order chi connectivity index (χ1) is 7.88. The van der Waals surface area contributed by atoms with Gasteiger partial charge < -0.3 is 0 Å². The molecule has 1 rings (SSSR count). The number of hydrogen-bond acceptors (Lipinski definition) is 0. The second-order valence-electron chi connectivity index (χ2n) is 5.80. The normalized spacial score (nSPS) is 19.9. The van der Waals surface area contributed by atoms with Crippen LogP contribution in [-0.4, -0.2) is 0 Å². The maximum Gasteiger partial charge on any atom is -0.0386 e. The fraction of sp³-hybridized carbons (Fsp3) is 1.00. The van der Waals surface area contributed by atoms with E-state index in [1.165, 1.54) is 64.2 Å². The Morgan fingerprint density at radius 1 is 0.812 bits per heavy atom. The summed E-state index contributed by atoms with van der Waals surface area (Å²) in [5.74, 6) is 2.16. The third-order valence-electron chi connectivity index (χ3n) is 4.40. The molecule has 0 N–H and O–H groups in total. The average Bonchev–Trinajstić information content (AvgIpc) is 2.34. The van der Waals surface area contributed by atoms with Crippen molar-refractivity contribution in [2.24, 2.45) is 11.8 Å². The number of unbranched alkanes of at least 4 members (excludes halogenated alkanes) is 3. The van der Waals surface area contributed by atoms with Crippen molar-refractivity contribution in [2.75, 3.05) is 0 Å². The van der Waals surface area contributed by atoms with E-state index in [2.05, 4.69) is 13.8 Å². The van der Waals surface area contributed by atoms with Gasteiger partial charge in [0.1, 0.15) is 0 Å². The van der Waals surface area contributed by atoms with Crippen molar-refractivity contribution in [1.82, 2.24) is 0 Å². The highest BCUT2D eigenvalue weighted by Gasteiger charge is 2.22. The summed E-state index contributed by atoms with van der Waals surface area (Å²) in [6.45, 7) is 4.67. The molecule has 1 unspecified atom stereocenters. The van der Waals surface area contributed by atoms with E-state index in [4.69, 9.17) is 0 Å². The van der Waals surface area contributed by atoms with Crippen molar-refractivity contribution in [3.63, 3.8) is 0 Å². The lowest BCUT2D eigenvalue weighted by Gasteiger charge is -2.30. The van der Waals surface area contributed by atoms with Crippen molar-refractivity contribution in [2.45, 2.75) is 90.9 Å². The molecule has 1 saturated carbocycles. The van der Waals surface area contributed by atoms with Crippen LogP contribution < -0.4 is 0 Å². The van der Waals surface area contributed by atoms with Gasteiger partial charge in [0.05, 0.1) is 0 Å². The molecule has 1 aliphatic rings. The van der Waals surface area contributed by atoms with Gasteiger partial charge in [-0.3, -0.25) is 0 Å². The summed E-state index contributed by atoms with van der Waals surface area (Å²) in [4.78, 5) is 0. The van der Waals surface area contributed by atoms with Crippen LogP contribution in [0.3, 0.4) is 0 Å². The average molecular weight is 224 g/mol. The molecule has 0 spiro atoms. The molecule has 0 aliphatic heterocycles. The monoisotopic (exact) mass is 224 g/mol. The maximum atomic E-state index is 2.36. The Bertz CT molecular complexity index is 144. The van der Waals surface area contributed by atoms with E-state index in [0.29, 0.717) is 0 Å². The predicted molar refractivity (Wildman–Crippen MR) is 73.7 cm³/mol. The quantitative estimate of drug-likeness (QED) is 0.447. The van der Waals surface area contributed by atoms with Crippen molar-refractivity contribution >= 4 is 0 Å². The van der Waals surface area contributed by atoms with E-state index in [1.807, 2.05) is 0 Å². The van der Waals surface area contributed by atoms with Crippen LogP contribution in [0, 0.1) is 11.8 Å². The summed E-state index contributed by atoms with van der Waals surface area (Å²) in [5.41, 5.74) is 0. The van der Waals surface area contributed by atoms with Gasteiger partial charge in [0.15, 0.2) is 0 Å². The molecule has 96 valence electrons. The maximum absolute atomic E-state index is 2.36. The lowest BCUT2D eigenvalue weighted by atomic mass is 9.76. The van der Waals surface area contributed by atoms with Crippen molar-refractivity contribution in [3.8, 4) is 0 Å². The van der Waals surface area contributed by atoms with E-state index in [0.717, 1.165) is 11.8 Å². The van der Waals surface area contributed by atoms with Crippen LogP contribution in [0.2, 0.25) is 0 Å². The molecular formula is C16H32. The summed E-state index contributed by atoms with van der Waals surface area (Å²) >= 11 is 0. The fourth-order valence-electron chi connectivity index (χ4n) is 3.43. The van der Waals surface area contributed by atoms with Crippen LogP contribution in [0.25, 0.3) is 0 Å². The number of rotatable bonds is 8. The second kappa shape index (κ2) is 9.07. The van der Waals surface area contributed by atoms with Crippen LogP contribution >= 0.6 is 0 Å². The highest BCUT2D eigenvalue weighted by atomic mass is 14.3. The number of hydrogen-bond donors (Lipinski definition) is 0. The second-order valence-corrected chi connectivity index (χ2v) is 5.80. The Morgan fingerprint density at radius 3 is 2.19 bits per heavy atom. The van der Waals surface area contributed by atoms with Gasteiger partial charge in [0.2, 0.25) is 0 Å². The molecule has 0 heteroatoms. The summed E-state index contributed by atoms with van der Waals surface area (Å²) in [6.07, 6.45) is 17.8. The Kier molecular flexibility index (Phi) is 7.98. The van der Waals surface area contributed by atoms with Crippen molar-refractivity contribution < 1.29 is 0 Å². The Hall–Kier alpha value is 0. The topological polar surface area (TPSA) is 0 Å². The van der Waals surface area contributed by atoms with Crippen molar-refractivity contribution in [3.05, 3.63) is 0 Å². The highest BCUT2D eigenvalue weighted by Crippen LogP contribution is 2.35. The smallest absolute Gasteiger partial charge is 0.0386 e. The molecule has 1 fully saturated rings. The molecule has 0 heterocycles. The highest BCUT2D eigenvalue weighted by molar-refractivity contribution is 4.74. The third-order valence-corrected chi connectivity index (χ3v) is 4.40. The molecule has 0 aromatic carbocycles. The molecule has 0 amide bonds. The molecular weight excluding hydrogens is 192 g/mol. The first kappa shape index (κ1) is 14.1. The van der Waals surface area contributed by atoms with Gasteiger partial charge in [-0.05, 0) is 11.8 Å². The van der Waals surface area contributed by atoms with E-state index in [-0.39, 0.29) is 0 Å². The van der Waals surface area contributed by atoms with Crippen LogP contribution in [0.5, 0.6) is 0 Å². The molecule has 0 radical (unpaired) electrons. The third kappa shape index (κ3) is 5.37. The lowest BCUT2D eigenvalue weighted by molar-refractivity contribution is 0.218. The fourth-order valence-corrected chi connectivity index (χ4v) is 3.43. The molecule has 1 aliphatic carbocycles. The molecule has 0 aromatic rings. The van der Waals surface area contributed by atoms with Crippen LogP contribution in [0.15, 0.2) is 0 Å². The minimum Gasteiger partial charge on any atom is -0.0654 e.